The van der Waals surface area contributed by atoms with Crippen molar-refractivity contribution in [3.05, 3.63) is 109 Å². The summed E-state index contributed by atoms with van der Waals surface area (Å²) in [7, 11) is 0. The quantitative estimate of drug-likeness (QED) is 0.0261. The lowest BCUT2D eigenvalue weighted by atomic mass is 10.0. The maximum Gasteiger partial charge on any atom is 0.306 e. The summed E-state index contributed by atoms with van der Waals surface area (Å²) < 4.78 is 17.0. The van der Waals surface area contributed by atoms with Gasteiger partial charge in [-0.2, -0.15) is 0 Å². The molecule has 0 heterocycles. The number of hydrogen-bond acceptors (Lipinski definition) is 6. The van der Waals surface area contributed by atoms with Crippen LogP contribution in [0.1, 0.15) is 316 Å². The number of esters is 3. The van der Waals surface area contributed by atoms with Gasteiger partial charge >= 0.3 is 17.9 Å². The zero-order valence-electron chi connectivity index (χ0n) is 51.9. The lowest BCUT2D eigenvalue weighted by molar-refractivity contribution is -0.167. The van der Waals surface area contributed by atoms with Gasteiger partial charge in [0.05, 0.1) is 0 Å². The van der Waals surface area contributed by atoms with E-state index in [1.165, 1.54) is 154 Å². The van der Waals surface area contributed by atoms with Gasteiger partial charge in [0, 0.05) is 19.3 Å². The minimum atomic E-state index is -0.786. The third-order valence-electron chi connectivity index (χ3n) is 14.3. The summed E-state index contributed by atoms with van der Waals surface area (Å²) in [4.78, 5) is 38.4. The van der Waals surface area contributed by atoms with Gasteiger partial charge in [0.15, 0.2) is 6.10 Å². The second-order valence-corrected chi connectivity index (χ2v) is 22.0. The zero-order valence-corrected chi connectivity index (χ0v) is 51.9. The standard InChI is InChI=1S/C73H124O6/c1-4-7-10-13-16-19-22-25-27-29-31-33-35-36-38-39-41-43-45-48-51-54-57-60-63-66-72(75)78-69-70(68-77-71(74)65-62-59-56-53-50-47-24-21-18-15-12-9-6-3)79-73(76)67-64-61-58-55-52-49-46-44-42-40-37-34-32-30-28-26-23-20-17-14-11-8-5-2/h7-8,10-11,16-17,19-20,25-28,31-34,40,42,70H,4-6,9,12-15,18,21-24,29-30,35-39,41,43-69H2,1-3H3/b10-7-,11-8-,19-16-,20-17-,27-25-,28-26-,33-31-,34-32-,42-40-. The summed E-state index contributed by atoms with van der Waals surface area (Å²) >= 11 is 0. The molecule has 0 spiro atoms. The normalized spacial score (nSPS) is 12.8. The first-order valence-electron chi connectivity index (χ1n) is 33.4. The Morgan fingerprint density at radius 2 is 0.494 bits per heavy atom. The first-order valence-corrected chi connectivity index (χ1v) is 33.4. The number of ether oxygens (including phenoxy) is 3. The van der Waals surface area contributed by atoms with Crippen LogP contribution in [0.2, 0.25) is 0 Å². The Morgan fingerprint density at radius 1 is 0.266 bits per heavy atom. The van der Waals surface area contributed by atoms with E-state index in [9.17, 15) is 14.4 Å². The lowest BCUT2D eigenvalue weighted by Gasteiger charge is -2.18. The largest absolute Gasteiger partial charge is 0.462 e. The fraction of sp³-hybridized carbons (Fsp3) is 0.712. The molecule has 0 saturated heterocycles. The van der Waals surface area contributed by atoms with Crippen molar-refractivity contribution in [3.8, 4) is 0 Å². The van der Waals surface area contributed by atoms with E-state index < -0.39 is 6.10 Å². The molecule has 0 aliphatic heterocycles. The molecule has 0 aromatic heterocycles. The molecule has 0 rings (SSSR count). The molecule has 452 valence electrons. The highest BCUT2D eigenvalue weighted by atomic mass is 16.6. The van der Waals surface area contributed by atoms with Gasteiger partial charge in [0.2, 0.25) is 0 Å². The highest BCUT2D eigenvalue weighted by Gasteiger charge is 2.19. The molecule has 0 fully saturated rings. The van der Waals surface area contributed by atoms with Crippen LogP contribution in [0.15, 0.2) is 109 Å². The van der Waals surface area contributed by atoms with E-state index in [1.807, 2.05) is 0 Å². The molecular formula is C73H124O6. The maximum atomic E-state index is 12.9. The van der Waals surface area contributed by atoms with Crippen molar-refractivity contribution >= 4 is 17.9 Å². The van der Waals surface area contributed by atoms with Crippen LogP contribution in [0.4, 0.5) is 0 Å². The van der Waals surface area contributed by atoms with Crippen LogP contribution >= 0.6 is 0 Å². The fourth-order valence-corrected chi connectivity index (χ4v) is 9.35. The number of carbonyl (C=O) groups is 3. The molecule has 0 radical (unpaired) electrons. The van der Waals surface area contributed by atoms with Gasteiger partial charge in [-0.05, 0) is 103 Å². The van der Waals surface area contributed by atoms with E-state index in [2.05, 4.69) is 130 Å². The van der Waals surface area contributed by atoms with Crippen molar-refractivity contribution in [2.24, 2.45) is 0 Å². The van der Waals surface area contributed by atoms with Crippen LogP contribution in [0.3, 0.4) is 0 Å². The summed E-state index contributed by atoms with van der Waals surface area (Å²) in [6, 6.07) is 0. The molecule has 0 amide bonds. The van der Waals surface area contributed by atoms with E-state index in [-0.39, 0.29) is 31.1 Å². The minimum absolute atomic E-state index is 0.0808. The van der Waals surface area contributed by atoms with Gasteiger partial charge < -0.3 is 14.2 Å². The number of carbonyl (C=O) groups excluding carboxylic acids is 3. The minimum Gasteiger partial charge on any atom is -0.462 e. The molecule has 0 bridgehead atoms. The Hall–Kier alpha value is -3.93. The Balaban J connectivity index is 4.33. The summed E-state index contributed by atoms with van der Waals surface area (Å²) in [6.45, 7) is 6.43. The summed E-state index contributed by atoms with van der Waals surface area (Å²) in [6.07, 6.45) is 90.9. The molecule has 1 unspecified atom stereocenters. The van der Waals surface area contributed by atoms with Crippen LogP contribution in [-0.4, -0.2) is 37.2 Å². The van der Waals surface area contributed by atoms with Crippen LogP contribution in [0, 0.1) is 0 Å². The van der Waals surface area contributed by atoms with E-state index in [4.69, 9.17) is 14.2 Å². The van der Waals surface area contributed by atoms with Crippen LogP contribution < -0.4 is 0 Å². The van der Waals surface area contributed by atoms with Crippen LogP contribution in [-0.2, 0) is 28.6 Å². The average molecular weight is 1100 g/mol. The molecule has 0 saturated carbocycles. The Morgan fingerprint density at radius 3 is 0.772 bits per heavy atom. The Bertz CT molecular complexity index is 1590. The number of allylic oxidation sites excluding steroid dienone is 18. The summed E-state index contributed by atoms with van der Waals surface area (Å²) in [5.74, 6) is -0.882. The number of unbranched alkanes of at least 4 members (excludes halogenated alkanes) is 31. The highest BCUT2D eigenvalue weighted by Crippen LogP contribution is 2.17. The fourth-order valence-electron chi connectivity index (χ4n) is 9.35. The van der Waals surface area contributed by atoms with Gasteiger partial charge in [0.25, 0.3) is 0 Å². The van der Waals surface area contributed by atoms with Crippen molar-refractivity contribution in [2.75, 3.05) is 13.2 Å². The molecule has 79 heavy (non-hydrogen) atoms. The second kappa shape index (κ2) is 66.6. The molecule has 6 heteroatoms. The predicted octanol–water partition coefficient (Wildman–Crippen LogP) is 23.0. The summed E-state index contributed by atoms with van der Waals surface area (Å²) in [5, 5.41) is 0. The first-order chi connectivity index (χ1) is 39.0. The molecule has 0 aliphatic carbocycles. The topological polar surface area (TPSA) is 78.9 Å². The molecule has 6 nitrogen and oxygen atoms in total. The van der Waals surface area contributed by atoms with Gasteiger partial charge in [0.1, 0.15) is 13.2 Å². The smallest absolute Gasteiger partial charge is 0.306 e. The van der Waals surface area contributed by atoms with Crippen molar-refractivity contribution in [2.45, 2.75) is 322 Å². The van der Waals surface area contributed by atoms with E-state index in [0.717, 1.165) is 122 Å². The van der Waals surface area contributed by atoms with Crippen molar-refractivity contribution in [3.63, 3.8) is 0 Å². The van der Waals surface area contributed by atoms with Gasteiger partial charge in [-0.15, -0.1) is 0 Å². The summed E-state index contributed by atoms with van der Waals surface area (Å²) in [5.41, 5.74) is 0. The van der Waals surface area contributed by atoms with Crippen molar-refractivity contribution in [1.82, 2.24) is 0 Å². The molecule has 0 aromatic carbocycles. The maximum absolute atomic E-state index is 12.9. The first kappa shape index (κ1) is 75.1. The molecule has 0 N–H and O–H groups in total. The lowest BCUT2D eigenvalue weighted by Crippen LogP contribution is -2.30. The monoisotopic (exact) mass is 1100 g/mol. The predicted molar refractivity (Wildman–Crippen MR) is 343 cm³/mol. The molecule has 0 aliphatic rings. The molecule has 0 aromatic rings. The second-order valence-electron chi connectivity index (χ2n) is 22.0. The van der Waals surface area contributed by atoms with Gasteiger partial charge in [-0.3, -0.25) is 14.4 Å². The zero-order chi connectivity index (χ0) is 57.1. The SMILES string of the molecule is CC/C=C\C/C=C\C/C=C\C/C=C\C/C=C\CCCCCCCCCC(=O)OC(COC(=O)CCCCCCCCCCCCCCC)COC(=O)CCCCCCCCCCCCCC/C=C\C/C=C\C/C=C\C/C=C\CC. The highest BCUT2D eigenvalue weighted by molar-refractivity contribution is 5.71. The molecular weight excluding hydrogens is 973 g/mol. The van der Waals surface area contributed by atoms with Crippen molar-refractivity contribution in [1.29, 1.82) is 0 Å². The number of hydrogen-bond donors (Lipinski definition) is 0. The third kappa shape index (κ3) is 64.8. The Labute approximate surface area is 489 Å². The van der Waals surface area contributed by atoms with Crippen molar-refractivity contribution < 1.29 is 28.6 Å². The average Bonchev–Trinajstić information content (AvgIpc) is 3.45. The van der Waals surface area contributed by atoms with Gasteiger partial charge in [-0.1, -0.05) is 304 Å². The Kier molecular flexibility index (Phi) is 63.3. The van der Waals surface area contributed by atoms with E-state index >= 15 is 0 Å². The van der Waals surface area contributed by atoms with Crippen LogP contribution in [0.5, 0.6) is 0 Å². The number of rotatable bonds is 60. The molecule has 1 atom stereocenters. The third-order valence-corrected chi connectivity index (χ3v) is 14.3. The van der Waals surface area contributed by atoms with Crippen LogP contribution in [0.25, 0.3) is 0 Å². The van der Waals surface area contributed by atoms with E-state index in [1.54, 1.807) is 0 Å². The van der Waals surface area contributed by atoms with Gasteiger partial charge in [-0.25, -0.2) is 0 Å². The van der Waals surface area contributed by atoms with E-state index in [0.29, 0.717) is 19.3 Å².